The molecule has 0 fully saturated rings. The number of hydrogen-bond acceptors (Lipinski definition) is 5. The summed E-state index contributed by atoms with van der Waals surface area (Å²) >= 11 is 6.14. The number of carbonyl (C=O) groups excluding carboxylic acids is 1. The molecule has 0 aromatic heterocycles. The molecule has 1 aliphatic rings. The molecule has 176 valence electrons. The molecular weight excluding hydrogens is 476 g/mol. The molecule has 1 unspecified atom stereocenters. The van der Waals surface area contributed by atoms with E-state index in [9.17, 15) is 13.2 Å². The van der Waals surface area contributed by atoms with Gasteiger partial charge in [-0.2, -0.15) is 0 Å². The molecule has 1 heterocycles. The normalized spacial score (nSPS) is 15.1. The van der Waals surface area contributed by atoms with Gasteiger partial charge in [0.2, 0.25) is 0 Å². The Labute approximate surface area is 203 Å². The second-order valence-electron chi connectivity index (χ2n) is 7.68. The van der Waals surface area contributed by atoms with Crippen LogP contribution in [0, 0.1) is 6.92 Å². The van der Waals surface area contributed by atoms with E-state index in [0.717, 1.165) is 5.56 Å². The first-order valence-electron chi connectivity index (χ1n) is 10.5. The Morgan fingerprint density at radius 3 is 2.56 bits per heavy atom. The molecule has 0 spiro atoms. The van der Waals surface area contributed by atoms with E-state index in [2.05, 4.69) is 11.9 Å². The van der Waals surface area contributed by atoms with Crippen LogP contribution in [0.25, 0.3) is 0 Å². The number of nitrogens with zero attached hydrogens (tertiary/aromatic N) is 1. The predicted octanol–water partition coefficient (Wildman–Crippen LogP) is 4.81. The molecule has 0 aliphatic carbocycles. The zero-order chi connectivity index (χ0) is 24.3. The predicted molar refractivity (Wildman–Crippen MR) is 132 cm³/mol. The van der Waals surface area contributed by atoms with E-state index in [1.807, 2.05) is 6.92 Å². The number of rotatable bonds is 7. The van der Waals surface area contributed by atoms with Gasteiger partial charge in [-0.15, -0.1) is 0 Å². The summed E-state index contributed by atoms with van der Waals surface area (Å²) < 4.78 is 39.5. The van der Waals surface area contributed by atoms with Crippen molar-refractivity contribution in [3.05, 3.63) is 90.0 Å². The molecule has 0 saturated heterocycles. The minimum atomic E-state index is -3.97. The van der Waals surface area contributed by atoms with E-state index >= 15 is 0 Å². The van der Waals surface area contributed by atoms with Crippen LogP contribution in [-0.2, 0) is 14.8 Å². The number of hydrogen-bond donors (Lipinski definition) is 1. The van der Waals surface area contributed by atoms with E-state index in [0.29, 0.717) is 23.1 Å². The van der Waals surface area contributed by atoms with Crippen molar-refractivity contribution in [1.29, 1.82) is 0 Å². The lowest BCUT2D eigenvalue weighted by atomic mass is 10.2. The van der Waals surface area contributed by atoms with Gasteiger partial charge in [-0.25, -0.2) is 8.42 Å². The molecule has 1 amide bonds. The highest BCUT2D eigenvalue weighted by Crippen LogP contribution is 2.39. The minimum absolute atomic E-state index is 0.111. The van der Waals surface area contributed by atoms with Crippen LogP contribution < -0.4 is 19.1 Å². The molecule has 3 aromatic carbocycles. The van der Waals surface area contributed by atoms with Gasteiger partial charge in [0.25, 0.3) is 15.9 Å². The van der Waals surface area contributed by atoms with Crippen molar-refractivity contribution in [3.63, 3.8) is 0 Å². The fraction of sp³-hybridized carbons (Fsp3) is 0.160. The molecule has 3 aromatic rings. The highest BCUT2D eigenvalue weighted by molar-refractivity contribution is 7.92. The molecule has 4 rings (SSSR count). The molecule has 9 heteroatoms. The van der Waals surface area contributed by atoms with Crippen molar-refractivity contribution in [1.82, 2.24) is 0 Å². The van der Waals surface area contributed by atoms with Crippen LogP contribution in [-0.4, -0.2) is 33.6 Å². The van der Waals surface area contributed by atoms with Gasteiger partial charge < -0.3 is 14.8 Å². The van der Waals surface area contributed by atoms with Gasteiger partial charge in [-0.3, -0.25) is 9.10 Å². The molecule has 1 atom stereocenters. The van der Waals surface area contributed by atoms with E-state index < -0.39 is 22.0 Å². The van der Waals surface area contributed by atoms with Crippen LogP contribution in [0.3, 0.4) is 0 Å². The molecule has 1 N–H and O–H groups in total. The van der Waals surface area contributed by atoms with Crippen LogP contribution in [0.4, 0.5) is 11.4 Å². The largest absolute Gasteiger partial charge is 0.490 e. The molecule has 0 radical (unpaired) electrons. The van der Waals surface area contributed by atoms with E-state index in [-0.39, 0.29) is 22.9 Å². The van der Waals surface area contributed by atoms with Crippen molar-refractivity contribution in [2.75, 3.05) is 22.8 Å². The highest BCUT2D eigenvalue weighted by atomic mass is 35.5. The van der Waals surface area contributed by atoms with E-state index in [1.54, 1.807) is 54.6 Å². The molecule has 7 nitrogen and oxygen atoms in total. The number of sulfonamides is 1. The number of amides is 1. The monoisotopic (exact) mass is 498 g/mol. The SMILES string of the molecule is C=CCOc1ccc(NC(=O)C2CN(S(=O)(=O)c3ccc(C)cc3)c3cc(Cl)ccc3O2)cc1. The number of benzene rings is 3. The summed E-state index contributed by atoms with van der Waals surface area (Å²) in [7, 11) is -3.97. The van der Waals surface area contributed by atoms with Crippen molar-refractivity contribution < 1.29 is 22.7 Å². The first kappa shape index (κ1) is 23.7. The zero-order valence-corrected chi connectivity index (χ0v) is 20.0. The van der Waals surface area contributed by atoms with Crippen molar-refractivity contribution in [2.45, 2.75) is 17.9 Å². The third-order valence-electron chi connectivity index (χ3n) is 5.18. The maximum Gasteiger partial charge on any atom is 0.267 e. The maximum atomic E-state index is 13.5. The van der Waals surface area contributed by atoms with Gasteiger partial charge in [0.15, 0.2) is 6.10 Å². The maximum absolute atomic E-state index is 13.5. The van der Waals surface area contributed by atoms with Crippen LogP contribution in [0.2, 0.25) is 5.02 Å². The Kier molecular flexibility index (Phi) is 6.81. The second-order valence-corrected chi connectivity index (χ2v) is 9.98. The zero-order valence-electron chi connectivity index (χ0n) is 18.4. The van der Waals surface area contributed by atoms with Crippen LogP contribution >= 0.6 is 11.6 Å². The number of nitrogens with one attached hydrogen (secondary N) is 1. The van der Waals surface area contributed by atoms with Gasteiger partial charge in [-0.05, 0) is 61.5 Å². The highest BCUT2D eigenvalue weighted by Gasteiger charge is 2.37. The number of aryl methyl sites for hydroxylation is 1. The summed E-state index contributed by atoms with van der Waals surface area (Å²) in [4.78, 5) is 13.1. The number of ether oxygens (including phenoxy) is 2. The summed E-state index contributed by atoms with van der Waals surface area (Å²) in [6, 6.07) is 18.0. The first-order chi connectivity index (χ1) is 16.3. The molecule has 1 aliphatic heterocycles. The summed E-state index contributed by atoms with van der Waals surface area (Å²) in [6.45, 7) is 5.63. The topological polar surface area (TPSA) is 84.9 Å². The van der Waals surface area contributed by atoms with E-state index in [4.69, 9.17) is 21.1 Å². The van der Waals surface area contributed by atoms with Gasteiger partial charge >= 0.3 is 0 Å². The Morgan fingerprint density at radius 2 is 1.88 bits per heavy atom. The van der Waals surface area contributed by atoms with Gasteiger partial charge in [0, 0.05) is 10.7 Å². The smallest absolute Gasteiger partial charge is 0.267 e. The summed E-state index contributed by atoms with van der Waals surface area (Å²) in [5.74, 6) is 0.400. The Balaban J connectivity index is 1.60. The molecule has 0 saturated carbocycles. The van der Waals surface area contributed by atoms with E-state index in [1.165, 1.54) is 22.5 Å². The Morgan fingerprint density at radius 1 is 1.18 bits per heavy atom. The lowest BCUT2D eigenvalue weighted by molar-refractivity contribution is -0.122. The Hall–Kier alpha value is -3.49. The molecule has 34 heavy (non-hydrogen) atoms. The standard InChI is InChI=1S/C25H23ClN2O5S/c1-3-14-32-20-9-7-19(8-10-20)27-25(29)24-16-28(22-15-18(26)6-13-23(22)33-24)34(30,31)21-11-4-17(2)5-12-21/h3-13,15,24H,1,14,16H2,2H3,(H,27,29). The molecule has 0 bridgehead atoms. The average Bonchev–Trinajstić information content (AvgIpc) is 2.83. The van der Waals surface area contributed by atoms with Crippen molar-refractivity contribution >= 4 is 38.9 Å². The Bertz CT molecular complexity index is 1310. The number of fused-ring (bicyclic) bond motifs is 1. The fourth-order valence-electron chi connectivity index (χ4n) is 3.44. The fourth-order valence-corrected chi connectivity index (χ4v) is 5.07. The first-order valence-corrected chi connectivity index (χ1v) is 12.3. The quantitative estimate of drug-likeness (QED) is 0.472. The molecular formula is C25H23ClN2O5S. The van der Waals surface area contributed by atoms with Crippen LogP contribution in [0.1, 0.15) is 5.56 Å². The minimum Gasteiger partial charge on any atom is -0.490 e. The van der Waals surface area contributed by atoms with Gasteiger partial charge in [0.05, 0.1) is 17.1 Å². The van der Waals surface area contributed by atoms with Crippen LogP contribution in [0.15, 0.2) is 84.3 Å². The van der Waals surface area contributed by atoms with Crippen molar-refractivity contribution in [3.8, 4) is 11.5 Å². The lowest BCUT2D eigenvalue weighted by Crippen LogP contribution is -2.48. The summed E-state index contributed by atoms with van der Waals surface area (Å²) in [6.07, 6.45) is 0.558. The van der Waals surface area contributed by atoms with Gasteiger partial charge in [-0.1, -0.05) is 42.0 Å². The van der Waals surface area contributed by atoms with Gasteiger partial charge in [0.1, 0.15) is 18.1 Å². The van der Waals surface area contributed by atoms with Crippen molar-refractivity contribution in [2.24, 2.45) is 0 Å². The lowest BCUT2D eigenvalue weighted by Gasteiger charge is -2.34. The third-order valence-corrected chi connectivity index (χ3v) is 7.21. The summed E-state index contributed by atoms with van der Waals surface area (Å²) in [5.41, 5.74) is 1.73. The summed E-state index contributed by atoms with van der Waals surface area (Å²) in [5, 5.41) is 3.12. The average molecular weight is 499 g/mol. The second kappa shape index (κ2) is 9.79. The number of anilines is 2. The number of halogens is 1. The third kappa shape index (κ3) is 5.03. The van der Waals surface area contributed by atoms with Crippen LogP contribution in [0.5, 0.6) is 11.5 Å². The number of carbonyl (C=O) groups is 1.